The molecule has 0 N–H and O–H groups in total. The molecular formula is C25H20FNO5. The van der Waals surface area contributed by atoms with Crippen LogP contribution in [-0.4, -0.2) is 30.2 Å². The summed E-state index contributed by atoms with van der Waals surface area (Å²) in [6, 6.07) is 11.1. The molecule has 0 spiro atoms. The first-order chi connectivity index (χ1) is 15.3. The molecule has 5 rings (SSSR count). The molecule has 0 unspecified atom stereocenters. The number of fused-ring (bicyclic) bond motifs is 5. The smallest absolute Gasteiger partial charge is 0.338 e. The first-order valence-electron chi connectivity index (χ1n) is 10.5. The Balaban J connectivity index is 1.30. The number of allylic oxidation sites excluding steroid dienone is 2. The Morgan fingerprint density at radius 2 is 1.75 bits per heavy atom. The van der Waals surface area contributed by atoms with E-state index >= 15 is 0 Å². The molecule has 1 saturated carbocycles. The first-order valence-corrected chi connectivity index (χ1v) is 10.5. The molecular weight excluding hydrogens is 413 g/mol. The summed E-state index contributed by atoms with van der Waals surface area (Å²) in [5, 5.41) is 0. The molecule has 7 heteroatoms. The summed E-state index contributed by atoms with van der Waals surface area (Å²) < 4.78 is 18.1. The summed E-state index contributed by atoms with van der Waals surface area (Å²) in [5.41, 5.74) is 1.85. The lowest BCUT2D eigenvalue weighted by Crippen LogP contribution is -2.33. The number of anilines is 1. The Labute approximate surface area is 183 Å². The highest BCUT2D eigenvalue weighted by Crippen LogP contribution is 2.55. The Hall–Kier alpha value is -3.61. The van der Waals surface area contributed by atoms with Crippen molar-refractivity contribution in [1.29, 1.82) is 0 Å². The topological polar surface area (TPSA) is 80.8 Å². The maximum atomic E-state index is 13.1. The van der Waals surface area contributed by atoms with Crippen molar-refractivity contribution in [2.24, 2.45) is 23.7 Å². The molecule has 2 bridgehead atoms. The average Bonchev–Trinajstić information content (AvgIpc) is 3.42. The van der Waals surface area contributed by atoms with E-state index in [1.165, 1.54) is 34.7 Å². The fourth-order valence-corrected chi connectivity index (χ4v) is 5.23. The summed E-state index contributed by atoms with van der Waals surface area (Å²) >= 11 is 0. The molecule has 3 aliphatic rings. The van der Waals surface area contributed by atoms with Crippen LogP contribution in [0.2, 0.25) is 0 Å². The monoisotopic (exact) mass is 433 g/mol. The Bertz CT molecular complexity index is 1190. The molecule has 2 aromatic rings. The van der Waals surface area contributed by atoms with Gasteiger partial charge in [-0.1, -0.05) is 17.7 Å². The zero-order valence-corrected chi connectivity index (χ0v) is 17.3. The molecule has 2 amide bonds. The van der Waals surface area contributed by atoms with Gasteiger partial charge in [-0.05, 0) is 67.6 Å². The normalized spacial score (nSPS) is 25.7. The second-order valence-corrected chi connectivity index (χ2v) is 8.54. The maximum Gasteiger partial charge on any atom is 0.338 e. The van der Waals surface area contributed by atoms with Crippen LogP contribution >= 0.6 is 0 Å². The third kappa shape index (κ3) is 3.16. The minimum absolute atomic E-state index is 0.0945. The maximum absolute atomic E-state index is 13.1. The average molecular weight is 433 g/mol. The van der Waals surface area contributed by atoms with Gasteiger partial charge in [-0.15, -0.1) is 0 Å². The molecule has 4 atom stereocenters. The van der Waals surface area contributed by atoms with Crippen LogP contribution in [0, 0.1) is 29.5 Å². The quantitative estimate of drug-likeness (QED) is 0.312. The number of imide groups is 1. The number of hydrogen-bond acceptors (Lipinski definition) is 5. The Morgan fingerprint density at radius 1 is 1.03 bits per heavy atom. The number of nitrogens with zero attached hydrogens (tertiary/aromatic N) is 1. The minimum atomic E-state index is -0.751. The van der Waals surface area contributed by atoms with Crippen molar-refractivity contribution in [3.05, 3.63) is 77.1 Å². The third-order valence-electron chi connectivity index (χ3n) is 6.72. The van der Waals surface area contributed by atoms with E-state index in [4.69, 9.17) is 4.74 Å². The number of hydrogen-bond donors (Lipinski definition) is 0. The van der Waals surface area contributed by atoms with Crippen molar-refractivity contribution in [1.82, 2.24) is 0 Å². The summed E-state index contributed by atoms with van der Waals surface area (Å²) in [4.78, 5) is 52.0. The van der Waals surface area contributed by atoms with Gasteiger partial charge in [-0.2, -0.15) is 0 Å². The number of esters is 1. The number of benzene rings is 2. The van der Waals surface area contributed by atoms with Crippen molar-refractivity contribution in [2.45, 2.75) is 13.3 Å². The van der Waals surface area contributed by atoms with Crippen LogP contribution in [0.4, 0.5) is 10.1 Å². The lowest BCUT2D eigenvalue weighted by atomic mass is 9.82. The SMILES string of the molecule is CC1=C[C@@H]2C[C@H]1[C@H]1C(=O)N(c3cccc(C(=O)OCC(=O)c4ccc(F)cc4)c3)C(=O)[C@@H]12. The Morgan fingerprint density at radius 3 is 2.50 bits per heavy atom. The fourth-order valence-electron chi connectivity index (χ4n) is 5.23. The van der Waals surface area contributed by atoms with Crippen LogP contribution in [0.5, 0.6) is 0 Å². The van der Waals surface area contributed by atoms with Crippen molar-refractivity contribution >= 4 is 29.3 Å². The number of ketones is 1. The number of halogens is 1. The second kappa shape index (κ2) is 7.51. The van der Waals surface area contributed by atoms with E-state index in [2.05, 4.69) is 6.08 Å². The number of carbonyl (C=O) groups is 4. The van der Waals surface area contributed by atoms with E-state index < -0.39 is 24.2 Å². The van der Waals surface area contributed by atoms with Crippen molar-refractivity contribution in [2.75, 3.05) is 11.5 Å². The fraction of sp³-hybridized carbons (Fsp3) is 0.280. The van der Waals surface area contributed by atoms with Crippen LogP contribution in [0.3, 0.4) is 0 Å². The first kappa shape index (κ1) is 20.3. The van der Waals surface area contributed by atoms with Crippen molar-refractivity contribution in [3.8, 4) is 0 Å². The molecule has 2 fully saturated rings. The van der Waals surface area contributed by atoms with Gasteiger partial charge in [0.1, 0.15) is 5.82 Å². The number of amides is 2. The summed E-state index contributed by atoms with van der Waals surface area (Å²) in [6.07, 6.45) is 2.95. The molecule has 0 aromatic heterocycles. The number of Topliss-reactive ketones (excluding diaryl/α,β-unsaturated/α-hetero) is 1. The van der Waals surface area contributed by atoms with Crippen molar-refractivity contribution in [3.63, 3.8) is 0 Å². The zero-order chi connectivity index (χ0) is 22.6. The zero-order valence-electron chi connectivity index (χ0n) is 17.3. The minimum Gasteiger partial charge on any atom is -0.454 e. The highest BCUT2D eigenvalue weighted by Gasteiger charge is 2.60. The van der Waals surface area contributed by atoms with Gasteiger partial charge in [0, 0.05) is 5.56 Å². The highest BCUT2D eigenvalue weighted by molar-refractivity contribution is 6.23. The summed E-state index contributed by atoms with van der Waals surface area (Å²) in [6.45, 7) is 1.50. The van der Waals surface area contributed by atoms with Crippen LogP contribution in [-0.2, 0) is 14.3 Å². The van der Waals surface area contributed by atoms with Crippen LogP contribution < -0.4 is 4.90 Å². The summed E-state index contributed by atoms with van der Waals surface area (Å²) in [5.74, 6) is -2.60. The molecule has 2 aliphatic carbocycles. The molecule has 6 nitrogen and oxygen atoms in total. The van der Waals surface area contributed by atoms with Crippen LogP contribution in [0.25, 0.3) is 0 Å². The lowest BCUT2D eigenvalue weighted by molar-refractivity contribution is -0.123. The molecule has 32 heavy (non-hydrogen) atoms. The molecule has 1 saturated heterocycles. The van der Waals surface area contributed by atoms with Crippen LogP contribution in [0.1, 0.15) is 34.1 Å². The highest BCUT2D eigenvalue weighted by atomic mass is 19.1. The number of rotatable bonds is 5. The number of ether oxygens (including phenoxy) is 1. The van der Waals surface area contributed by atoms with E-state index in [-0.39, 0.29) is 46.6 Å². The predicted octanol–water partition coefficient (Wildman–Crippen LogP) is 3.57. The molecule has 0 radical (unpaired) electrons. The van der Waals surface area contributed by atoms with Gasteiger partial charge in [0.25, 0.3) is 0 Å². The van der Waals surface area contributed by atoms with Crippen molar-refractivity contribution < 1.29 is 28.3 Å². The third-order valence-corrected chi connectivity index (χ3v) is 6.72. The van der Waals surface area contributed by atoms with Gasteiger partial charge < -0.3 is 4.74 Å². The van der Waals surface area contributed by atoms with Gasteiger partial charge in [0.05, 0.1) is 23.1 Å². The Kier molecular flexibility index (Phi) is 4.77. The van der Waals surface area contributed by atoms with Gasteiger partial charge >= 0.3 is 5.97 Å². The van der Waals surface area contributed by atoms with Crippen LogP contribution in [0.15, 0.2) is 60.2 Å². The largest absolute Gasteiger partial charge is 0.454 e. The molecule has 1 aliphatic heterocycles. The molecule has 1 heterocycles. The predicted molar refractivity (Wildman–Crippen MR) is 112 cm³/mol. The van der Waals surface area contributed by atoms with Gasteiger partial charge in [0.15, 0.2) is 12.4 Å². The second-order valence-electron chi connectivity index (χ2n) is 8.54. The standard InChI is InChI=1S/C25H20FNO5/c1-13-9-16-11-19(13)22-21(16)23(29)27(24(22)30)18-4-2-3-15(10-18)25(31)32-12-20(28)14-5-7-17(26)8-6-14/h2-10,16,19,21-22H,11-12H2,1H3/t16-,19-,21-,22-/m1/s1. The molecule has 2 aromatic carbocycles. The van der Waals surface area contributed by atoms with Gasteiger partial charge in [-0.25, -0.2) is 14.1 Å². The molecule has 162 valence electrons. The van der Waals surface area contributed by atoms with Gasteiger partial charge in [-0.3, -0.25) is 14.4 Å². The van der Waals surface area contributed by atoms with E-state index in [1.54, 1.807) is 12.1 Å². The lowest BCUT2D eigenvalue weighted by Gasteiger charge is -2.19. The van der Waals surface area contributed by atoms with E-state index in [9.17, 15) is 23.6 Å². The number of carbonyl (C=O) groups excluding carboxylic acids is 4. The van der Waals surface area contributed by atoms with E-state index in [0.29, 0.717) is 5.69 Å². The van der Waals surface area contributed by atoms with E-state index in [0.717, 1.165) is 18.6 Å². The van der Waals surface area contributed by atoms with Gasteiger partial charge in [0.2, 0.25) is 11.8 Å². The van der Waals surface area contributed by atoms with E-state index in [1.807, 2.05) is 6.92 Å². The summed E-state index contributed by atoms with van der Waals surface area (Å²) in [7, 11) is 0.